The summed E-state index contributed by atoms with van der Waals surface area (Å²) in [6.07, 6.45) is 0. The number of rotatable bonds is 2. The molecule has 0 fully saturated rings. The minimum atomic E-state index is 0.433. The van der Waals surface area contributed by atoms with Gasteiger partial charge in [-0.3, -0.25) is 0 Å². The molecule has 0 spiro atoms. The molecule has 1 atom stereocenters. The van der Waals surface area contributed by atoms with Crippen molar-refractivity contribution < 1.29 is 0 Å². The fourth-order valence-corrected chi connectivity index (χ4v) is 3.87. The Balaban J connectivity index is 1.88. The molecule has 1 unspecified atom stereocenters. The van der Waals surface area contributed by atoms with E-state index in [4.69, 9.17) is 0 Å². The second-order valence-corrected chi connectivity index (χ2v) is 6.81. The lowest BCUT2D eigenvalue weighted by Gasteiger charge is -2.17. The number of hydrogen-bond acceptors (Lipinski definition) is 2. The van der Waals surface area contributed by atoms with Gasteiger partial charge in [0.05, 0.1) is 6.04 Å². The Morgan fingerprint density at radius 1 is 1.22 bits per heavy atom. The summed E-state index contributed by atoms with van der Waals surface area (Å²) in [6, 6.07) is 15.7. The Kier molecular flexibility index (Phi) is 3.52. The number of anilines is 1. The fourth-order valence-electron chi connectivity index (χ4n) is 2.22. The first-order valence-corrected chi connectivity index (χ1v) is 8.05. The molecular formula is C15H14INS. The average molecular weight is 367 g/mol. The van der Waals surface area contributed by atoms with E-state index in [1.54, 1.807) is 0 Å². The predicted molar refractivity (Wildman–Crippen MR) is 87.4 cm³/mol. The molecule has 0 saturated heterocycles. The summed E-state index contributed by atoms with van der Waals surface area (Å²) in [6.45, 7) is 2.16. The van der Waals surface area contributed by atoms with Crippen LogP contribution in [0.15, 0.2) is 47.4 Å². The van der Waals surface area contributed by atoms with Gasteiger partial charge in [0.2, 0.25) is 0 Å². The molecule has 3 heteroatoms. The number of benzene rings is 2. The highest BCUT2D eigenvalue weighted by molar-refractivity contribution is 14.1. The third-order valence-electron chi connectivity index (χ3n) is 3.23. The number of aryl methyl sites for hydroxylation is 1. The molecular weight excluding hydrogens is 353 g/mol. The maximum Gasteiger partial charge on any atom is 0.0618 e. The van der Waals surface area contributed by atoms with Crippen molar-refractivity contribution in [3.05, 3.63) is 57.2 Å². The molecule has 0 saturated carbocycles. The summed E-state index contributed by atoms with van der Waals surface area (Å²) < 4.78 is 1.28. The summed E-state index contributed by atoms with van der Waals surface area (Å²) in [5, 5.41) is 3.68. The van der Waals surface area contributed by atoms with Gasteiger partial charge in [0, 0.05) is 19.9 Å². The van der Waals surface area contributed by atoms with E-state index in [2.05, 4.69) is 77.3 Å². The van der Waals surface area contributed by atoms with Crippen LogP contribution in [0.1, 0.15) is 17.2 Å². The van der Waals surface area contributed by atoms with Crippen LogP contribution in [0.5, 0.6) is 0 Å². The van der Waals surface area contributed by atoms with Gasteiger partial charge in [0.1, 0.15) is 0 Å². The van der Waals surface area contributed by atoms with Crippen LogP contribution in [0.4, 0.5) is 5.69 Å². The summed E-state index contributed by atoms with van der Waals surface area (Å²) in [7, 11) is 0. The third-order valence-corrected chi connectivity index (χ3v) is 5.08. The highest BCUT2D eigenvalue weighted by Gasteiger charge is 2.22. The van der Waals surface area contributed by atoms with Crippen LogP contribution >= 0.6 is 34.4 Å². The number of halogens is 1. The van der Waals surface area contributed by atoms with Gasteiger partial charge in [-0.05, 0) is 58.8 Å². The van der Waals surface area contributed by atoms with Crippen LogP contribution in [-0.4, -0.2) is 5.75 Å². The summed E-state index contributed by atoms with van der Waals surface area (Å²) in [5.74, 6) is 1.12. The lowest BCUT2D eigenvalue weighted by molar-refractivity contribution is 0.897. The van der Waals surface area contributed by atoms with Gasteiger partial charge in [0.15, 0.2) is 0 Å². The number of nitrogens with one attached hydrogen (secondary N) is 1. The first kappa shape index (κ1) is 12.4. The molecule has 0 amide bonds. The minimum Gasteiger partial charge on any atom is -0.377 e. The first-order chi connectivity index (χ1) is 8.74. The van der Waals surface area contributed by atoms with Crippen LogP contribution in [0, 0.1) is 10.5 Å². The van der Waals surface area contributed by atoms with Crippen LogP contribution in [0.3, 0.4) is 0 Å². The second-order valence-electron chi connectivity index (χ2n) is 4.50. The van der Waals surface area contributed by atoms with Gasteiger partial charge in [-0.15, -0.1) is 11.8 Å². The van der Waals surface area contributed by atoms with Crippen molar-refractivity contribution in [2.75, 3.05) is 11.1 Å². The van der Waals surface area contributed by atoms with E-state index in [-0.39, 0.29) is 0 Å². The maximum atomic E-state index is 3.68. The SMILES string of the molecule is Cc1ccc(I)cc1NC1CSc2ccccc21. The Hall–Kier alpha value is -0.680. The van der Waals surface area contributed by atoms with Crippen molar-refractivity contribution in [3.8, 4) is 0 Å². The largest absolute Gasteiger partial charge is 0.377 e. The topological polar surface area (TPSA) is 12.0 Å². The van der Waals surface area contributed by atoms with Gasteiger partial charge in [-0.1, -0.05) is 24.3 Å². The molecule has 92 valence electrons. The molecule has 1 aliphatic heterocycles. The van der Waals surface area contributed by atoms with Gasteiger partial charge in [0.25, 0.3) is 0 Å². The van der Waals surface area contributed by atoms with Gasteiger partial charge >= 0.3 is 0 Å². The molecule has 1 heterocycles. The first-order valence-electron chi connectivity index (χ1n) is 5.98. The molecule has 0 aliphatic carbocycles. The summed E-state index contributed by atoms with van der Waals surface area (Å²) in [4.78, 5) is 1.42. The molecule has 1 N–H and O–H groups in total. The third kappa shape index (κ3) is 2.38. The van der Waals surface area contributed by atoms with E-state index in [0.717, 1.165) is 5.75 Å². The number of thioether (sulfide) groups is 1. The normalized spacial score (nSPS) is 17.6. The van der Waals surface area contributed by atoms with Crippen molar-refractivity contribution in [1.29, 1.82) is 0 Å². The Morgan fingerprint density at radius 3 is 2.94 bits per heavy atom. The van der Waals surface area contributed by atoms with E-state index in [9.17, 15) is 0 Å². The zero-order valence-electron chi connectivity index (χ0n) is 10.1. The van der Waals surface area contributed by atoms with E-state index < -0.39 is 0 Å². The Morgan fingerprint density at radius 2 is 2.06 bits per heavy atom. The van der Waals surface area contributed by atoms with Crippen molar-refractivity contribution in [1.82, 2.24) is 0 Å². The van der Waals surface area contributed by atoms with E-state index in [0.29, 0.717) is 6.04 Å². The monoisotopic (exact) mass is 367 g/mol. The van der Waals surface area contributed by atoms with Crippen molar-refractivity contribution in [2.24, 2.45) is 0 Å². The molecule has 0 radical (unpaired) electrons. The lowest BCUT2D eigenvalue weighted by atomic mass is 10.1. The Bertz CT molecular complexity index is 582. The van der Waals surface area contributed by atoms with Crippen LogP contribution < -0.4 is 5.32 Å². The fraction of sp³-hybridized carbons (Fsp3) is 0.200. The summed E-state index contributed by atoms with van der Waals surface area (Å²) in [5.41, 5.74) is 4.00. The molecule has 1 aliphatic rings. The molecule has 1 nitrogen and oxygen atoms in total. The van der Waals surface area contributed by atoms with Crippen molar-refractivity contribution >= 4 is 40.0 Å². The van der Waals surface area contributed by atoms with Gasteiger partial charge in [-0.2, -0.15) is 0 Å². The second kappa shape index (κ2) is 5.13. The van der Waals surface area contributed by atoms with Crippen molar-refractivity contribution in [3.63, 3.8) is 0 Å². The van der Waals surface area contributed by atoms with E-state index in [1.165, 1.54) is 25.3 Å². The van der Waals surface area contributed by atoms with E-state index in [1.807, 2.05) is 11.8 Å². The van der Waals surface area contributed by atoms with Crippen LogP contribution in [-0.2, 0) is 0 Å². The molecule has 2 aromatic carbocycles. The van der Waals surface area contributed by atoms with Crippen molar-refractivity contribution in [2.45, 2.75) is 17.9 Å². The molecule has 18 heavy (non-hydrogen) atoms. The zero-order chi connectivity index (χ0) is 12.5. The smallest absolute Gasteiger partial charge is 0.0618 e. The summed E-state index contributed by atoms with van der Waals surface area (Å²) >= 11 is 4.30. The molecule has 0 aromatic heterocycles. The van der Waals surface area contributed by atoms with Crippen LogP contribution in [0.25, 0.3) is 0 Å². The number of fused-ring (bicyclic) bond motifs is 1. The predicted octanol–water partition coefficient (Wildman–Crippen LogP) is 4.86. The lowest BCUT2D eigenvalue weighted by Crippen LogP contribution is -2.10. The average Bonchev–Trinajstić information content (AvgIpc) is 2.78. The highest BCUT2D eigenvalue weighted by atomic mass is 127. The Labute approximate surface area is 126 Å². The highest BCUT2D eigenvalue weighted by Crippen LogP contribution is 2.40. The molecule has 0 bridgehead atoms. The zero-order valence-corrected chi connectivity index (χ0v) is 13.1. The number of hydrogen-bond donors (Lipinski definition) is 1. The quantitative estimate of drug-likeness (QED) is 0.761. The van der Waals surface area contributed by atoms with Gasteiger partial charge < -0.3 is 5.32 Å². The van der Waals surface area contributed by atoms with E-state index >= 15 is 0 Å². The minimum absolute atomic E-state index is 0.433. The molecule has 2 aromatic rings. The van der Waals surface area contributed by atoms with Gasteiger partial charge in [-0.25, -0.2) is 0 Å². The maximum absolute atomic E-state index is 3.68. The molecule has 3 rings (SSSR count). The van der Waals surface area contributed by atoms with Crippen LogP contribution in [0.2, 0.25) is 0 Å². The standard InChI is InChI=1S/C15H14INS/c1-10-6-7-11(16)8-13(10)17-14-9-18-15-5-3-2-4-12(14)15/h2-8,14,17H,9H2,1H3.